The Morgan fingerprint density at radius 3 is 2.67 bits per heavy atom. The van der Waals surface area contributed by atoms with Crippen LogP contribution in [0.4, 0.5) is 0 Å². The molecule has 2 heterocycles. The average Bonchev–Trinajstić information content (AvgIpc) is 2.50. The van der Waals surface area contributed by atoms with Gasteiger partial charge in [0.25, 0.3) is 0 Å². The number of hydrogen-bond acceptors (Lipinski definition) is 3. The van der Waals surface area contributed by atoms with Crippen molar-refractivity contribution in [2.75, 3.05) is 7.11 Å². The molecule has 0 atom stereocenters. The van der Waals surface area contributed by atoms with Crippen molar-refractivity contribution >= 4 is 22.5 Å². The summed E-state index contributed by atoms with van der Waals surface area (Å²) in [6.45, 7) is 0.564. The third-order valence-electron chi connectivity index (χ3n) is 3.26. The first-order chi connectivity index (χ1) is 10.2. The summed E-state index contributed by atoms with van der Waals surface area (Å²) in [5.74, 6) is 0.749. The van der Waals surface area contributed by atoms with E-state index in [1.807, 2.05) is 28.8 Å². The van der Waals surface area contributed by atoms with Crippen molar-refractivity contribution in [3.8, 4) is 5.75 Å². The third-order valence-corrected chi connectivity index (χ3v) is 3.59. The second kappa shape index (κ2) is 5.58. The molecule has 0 bridgehead atoms. The quantitative estimate of drug-likeness (QED) is 0.698. The Bertz CT molecular complexity index is 838. The van der Waals surface area contributed by atoms with Crippen LogP contribution in [0.5, 0.6) is 5.75 Å². The van der Waals surface area contributed by atoms with Crippen LogP contribution in [0.1, 0.15) is 5.56 Å². The van der Waals surface area contributed by atoms with Crippen LogP contribution in [0.3, 0.4) is 0 Å². The highest BCUT2D eigenvalue weighted by molar-refractivity contribution is 6.30. The van der Waals surface area contributed by atoms with E-state index in [1.54, 1.807) is 19.5 Å². The summed E-state index contributed by atoms with van der Waals surface area (Å²) in [5, 5.41) is 1.45. The maximum atomic E-state index is 11.1. The third kappa shape index (κ3) is 2.90. The molecule has 4 nitrogen and oxygen atoms in total. The second-order valence-corrected chi connectivity index (χ2v) is 5.06. The van der Waals surface area contributed by atoms with Gasteiger partial charge in [0.15, 0.2) is 5.43 Å². The topological polar surface area (TPSA) is 44.1 Å². The Kier molecular flexibility index (Phi) is 3.62. The molecule has 0 amide bonds. The van der Waals surface area contributed by atoms with E-state index in [-0.39, 0.29) is 5.43 Å². The maximum absolute atomic E-state index is 11.1. The van der Waals surface area contributed by atoms with Crippen LogP contribution in [0.25, 0.3) is 10.9 Å². The number of pyridine rings is 2. The molecule has 0 aliphatic rings. The summed E-state index contributed by atoms with van der Waals surface area (Å²) in [6.07, 6.45) is 3.47. The van der Waals surface area contributed by atoms with Gasteiger partial charge >= 0.3 is 0 Å². The number of halogens is 1. The minimum absolute atomic E-state index is 0.0129. The summed E-state index contributed by atoms with van der Waals surface area (Å²) in [7, 11) is 1.62. The number of rotatable bonds is 3. The Labute approximate surface area is 126 Å². The summed E-state index contributed by atoms with van der Waals surface area (Å²) in [6, 6.07) is 10.7. The van der Waals surface area contributed by atoms with Crippen molar-refractivity contribution in [3.05, 3.63) is 69.7 Å². The lowest BCUT2D eigenvalue weighted by Gasteiger charge is -2.09. The van der Waals surface area contributed by atoms with Gasteiger partial charge in [0, 0.05) is 41.5 Å². The van der Waals surface area contributed by atoms with Crippen molar-refractivity contribution in [2.45, 2.75) is 6.54 Å². The van der Waals surface area contributed by atoms with E-state index in [9.17, 15) is 4.79 Å². The van der Waals surface area contributed by atoms with Crippen molar-refractivity contribution < 1.29 is 4.74 Å². The zero-order valence-corrected chi connectivity index (χ0v) is 12.2. The standard InChI is InChI=1S/C16H13ClN2O2/c1-21-14-3-2-11-8-12(16(17)18-15(11)9-14)10-19-6-4-13(20)5-7-19/h2-9H,10H2,1H3. The highest BCUT2D eigenvalue weighted by atomic mass is 35.5. The molecule has 106 valence electrons. The largest absolute Gasteiger partial charge is 0.497 e. The number of aromatic nitrogens is 2. The van der Waals surface area contributed by atoms with E-state index in [2.05, 4.69) is 4.98 Å². The van der Waals surface area contributed by atoms with Gasteiger partial charge in [0.2, 0.25) is 0 Å². The Hall–Kier alpha value is -2.33. The van der Waals surface area contributed by atoms with Gasteiger partial charge in [-0.3, -0.25) is 4.79 Å². The Balaban J connectivity index is 2.00. The molecule has 0 aliphatic carbocycles. The van der Waals surface area contributed by atoms with Crippen molar-refractivity contribution in [1.29, 1.82) is 0 Å². The molecule has 0 unspecified atom stereocenters. The van der Waals surface area contributed by atoms with Crippen LogP contribution >= 0.6 is 11.6 Å². The van der Waals surface area contributed by atoms with Gasteiger partial charge in [-0.1, -0.05) is 11.6 Å². The molecule has 0 saturated carbocycles. The van der Waals surface area contributed by atoms with Crippen LogP contribution in [0.15, 0.2) is 53.6 Å². The van der Waals surface area contributed by atoms with E-state index in [1.165, 1.54) is 12.1 Å². The van der Waals surface area contributed by atoms with E-state index in [0.717, 1.165) is 22.2 Å². The number of nitrogens with zero attached hydrogens (tertiary/aromatic N) is 2. The average molecular weight is 301 g/mol. The molecular weight excluding hydrogens is 288 g/mol. The maximum Gasteiger partial charge on any atom is 0.181 e. The molecule has 2 aromatic heterocycles. The number of fused-ring (bicyclic) bond motifs is 1. The monoisotopic (exact) mass is 300 g/mol. The van der Waals surface area contributed by atoms with Gasteiger partial charge in [0.05, 0.1) is 19.2 Å². The van der Waals surface area contributed by atoms with Crippen LogP contribution in [-0.4, -0.2) is 16.7 Å². The predicted octanol–water partition coefficient (Wildman–Crippen LogP) is 3.11. The zero-order chi connectivity index (χ0) is 14.8. The molecule has 1 aromatic carbocycles. The van der Waals surface area contributed by atoms with Crippen LogP contribution in [0.2, 0.25) is 5.15 Å². The second-order valence-electron chi connectivity index (χ2n) is 4.70. The fraction of sp³-hybridized carbons (Fsp3) is 0.125. The molecule has 0 saturated heterocycles. The lowest BCUT2D eigenvalue weighted by Crippen LogP contribution is -2.05. The van der Waals surface area contributed by atoms with Gasteiger partial charge in [-0.2, -0.15) is 0 Å². The Morgan fingerprint density at radius 1 is 1.19 bits per heavy atom. The molecule has 21 heavy (non-hydrogen) atoms. The molecule has 0 N–H and O–H groups in total. The van der Waals surface area contributed by atoms with Gasteiger partial charge < -0.3 is 9.30 Å². The molecule has 0 fully saturated rings. The van der Waals surface area contributed by atoms with Crippen LogP contribution in [0, 0.1) is 0 Å². The summed E-state index contributed by atoms with van der Waals surface area (Å²) < 4.78 is 7.07. The van der Waals surface area contributed by atoms with Gasteiger partial charge in [-0.15, -0.1) is 0 Å². The summed E-state index contributed by atoms with van der Waals surface area (Å²) >= 11 is 6.25. The molecule has 0 aliphatic heterocycles. The normalized spacial score (nSPS) is 10.8. The first-order valence-corrected chi connectivity index (χ1v) is 6.83. The summed E-state index contributed by atoms with van der Waals surface area (Å²) in [5.41, 5.74) is 1.68. The number of benzene rings is 1. The number of hydrogen-bond donors (Lipinski definition) is 0. The van der Waals surface area contributed by atoms with Crippen molar-refractivity contribution in [3.63, 3.8) is 0 Å². The van der Waals surface area contributed by atoms with E-state index >= 15 is 0 Å². The minimum atomic E-state index is -0.0129. The fourth-order valence-corrected chi connectivity index (χ4v) is 2.36. The highest BCUT2D eigenvalue weighted by Crippen LogP contribution is 2.24. The Morgan fingerprint density at radius 2 is 1.95 bits per heavy atom. The minimum Gasteiger partial charge on any atom is -0.497 e. The predicted molar refractivity (Wildman–Crippen MR) is 83.1 cm³/mol. The molecule has 5 heteroatoms. The van der Waals surface area contributed by atoms with E-state index in [4.69, 9.17) is 16.3 Å². The summed E-state index contributed by atoms with van der Waals surface area (Å²) in [4.78, 5) is 15.5. The number of ether oxygens (including phenoxy) is 1. The first kappa shape index (κ1) is 13.6. The molecular formula is C16H13ClN2O2. The van der Waals surface area contributed by atoms with Gasteiger partial charge in [-0.25, -0.2) is 4.98 Å². The molecule has 0 radical (unpaired) electrons. The van der Waals surface area contributed by atoms with Gasteiger partial charge in [0.1, 0.15) is 10.9 Å². The van der Waals surface area contributed by atoms with Crippen molar-refractivity contribution in [2.24, 2.45) is 0 Å². The smallest absolute Gasteiger partial charge is 0.181 e. The van der Waals surface area contributed by atoms with Crippen LogP contribution in [-0.2, 0) is 6.54 Å². The SMILES string of the molecule is COc1ccc2cc(Cn3ccc(=O)cc3)c(Cl)nc2c1. The lowest BCUT2D eigenvalue weighted by molar-refractivity contribution is 0.415. The molecule has 3 aromatic rings. The van der Waals surface area contributed by atoms with Crippen LogP contribution < -0.4 is 10.2 Å². The zero-order valence-electron chi connectivity index (χ0n) is 11.4. The highest BCUT2D eigenvalue weighted by Gasteiger charge is 2.06. The molecule has 0 spiro atoms. The molecule has 3 rings (SSSR count). The van der Waals surface area contributed by atoms with E-state index in [0.29, 0.717) is 11.7 Å². The number of methoxy groups -OCH3 is 1. The van der Waals surface area contributed by atoms with Crippen molar-refractivity contribution in [1.82, 2.24) is 9.55 Å². The van der Waals surface area contributed by atoms with Gasteiger partial charge in [-0.05, 0) is 18.2 Å². The van der Waals surface area contributed by atoms with E-state index < -0.39 is 0 Å². The first-order valence-electron chi connectivity index (χ1n) is 6.45. The fourth-order valence-electron chi connectivity index (χ4n) is 2.15. The lowest BCUT2D eigenvalue weighted by atomic mass is 10.1.